The highest BCUT2D eigenvalue weighted by Gasteiger charge is 2.25. The fourth-order valence-electron chi connectivity index (χ4n) is 3.90. The van der Waals surface area contributed by atoms with Crippen LogP contribution >= 0.6 is 0 Å². The SMILES string of the molecule is Cn1c(=O)c2c(nc(N3CCCC(N)C3)n2CC=Cc2ccccc2)n(C)c1=O. The summed E-state index contributed by atoms with van der Waals surface area (Å²) in [6, 6.07) is 10.1. The summed E-state index contributed by atoms with van der Waals surface area (Å²) in [5.74, 6) is 0.686. The monoisotopic (exact) mass is 394 g/mol. The molecule has 0 spiro atoms. The molecule has 1 saturated heterocycles. The molecule has 3 aromatic rings. The number of rotatable bonds is 4. The van der Waals surface area contributed by atoms with Gasteiger partial charge in [-0.2, -0.15) is 4.98 Å². The standard InChI is InChI=1S/C21H26N6O2/c1-24-18-17(19(28)25(2)21(24)29)27(13-6-10-15-8-4-3-5-9-15)20(23-18)26-12-7-11-16(22)14-26/h3-6,8-10,16H,7,11-14,22H2,1-2H3. The van der Waals surface area contributed by atoms with E-state index in [4.69, 9.17) is 10.7 Å². The van der Waals surface area contributed by atoms with E-state index in [1.165, 1.54) is 11.6 Å². The van der Waals surface area contributed by atoms with Crippen molar-refractivity contribution in [2.24, 2.45) is 19.8 Å². The number of aromatic nitrogens is 4. The first-order valence-electron chi connectivity index (χ1n) is 9.85. The molecule has 3 heterocycles. The van der Waals surface area contributed by atoms with Crippen LogP contribution in [0.5, 0.6) is 0 Å². The molecule has 2 N–H and O–H groups in total. The predicted molar refractivity (Wildman–Crippen MR) is 115 cm³/mol. The lowest BCUT2D eigenvalue weighted by atomic mass is 10.1. The molecular formula is C21H26N6O2. The molecule has 1 atom stereocenters. The van der Waals surface area contributed by atoms with E-state index >= 15 is 0 Å². The summed E-state index contributed by atoms with van der Waals surface area (Å²) in [5, 5.41) is 0. The summed E-state index contributed by atoms with van der Waals surface area (Å²) in [6.07, 6.45) is 5.98. The topological polar surface area (TPSA) is 91.1 Å². The van der Waals surface area contributed by atoms with Gasteiger partial charge in [0.05, 0.1) is 0 Å². The minimum atomic E-state index is -0.381. The molecule has 2 aromatic heterocycles. The Kier molecular flexibility index (Phi) is 5.10. The third-order valence-electron chi connectivity index (χ3n) is 5.47. The maximum atomic E-state index is 12.9. The van der Waals surface area contributed by atoms with Gasteiger partial charge in [-0.25, -0.2) is 4.79 Å². The largest absolute Gasteiger partial charge is 0.341 e. The van der Waals surface area contributed by atoms with Crippen molar-refractivity contribution in [3.63, 3.8) is 0 Å². The number of anilines is 1. The van der Waals surface area contributed by atoms with E-state index in [1.807, 2.05) is 47.1 Å². The Morgan fingerprint density at radius 2 is 1.93 bits per heavy atom. The van der Waals surface area contributed by atoms with Gasteiger partial charge in [-0.05, 0) is 18.4 Å². The van der Waals surface area contributed by atoms with Crippen LogP contribution in [0.15, 0.2) is 46.0 Å². The summed E-state index contributed by atoms with van der Waals surface area (Å²) >= 11 is 0. The lowest BCUT2D eigenvalue weighted by molar-refractivity contribution is 0.495. The third kappa shape index (κ3) is 3.51. The zero-order valence-electron chi connectivity index (χ0n) is 16.8. The summed E-state index contributed by atoms with van der Waals surface area (Å²) < 4.78 is 4.46. The second-order valence-corrected chi connectivity index (χ2v) is 7.56. The van der Waals surface area contributed by atoms with Crippen molar-refractivity contribution in [1.82, 2.24) is 18.7 Å². The number of hydrogen-bond acceptors (Lipinski definition) is 5. The first kappa shape index (κ1) is 19.2. The molecule has 8 heteroatoms. The van der Waals surface area contributed by atoms with Crippen molar-refractivity contribution >= 4 is 23.2 Å². The van der Waals surface area contributed by atoms with Gasteiger partial charge in [0.15, 0.2) is 11.2 Å². The van der Waals surface area contributed by atoms with E-state index < -0.39 is 0 Å². The lowest BCUT2D eigenvalue weighted by Gasteiger charge is -2.31. The van der Waals surface area contributed by atoms with Gasteiger partial charge in [0.2, 0.25) is 5.95 Å². The molecule has 29 heavy (non-hydrogen) atoms. The predicted octanol–water partition coefficient (Wildman–Crippen LogP) is 1.07. The summed E-state index contributed by atoms with van der Waals surface area (Å²) in [6.45, 7) is 1.98. The number of benzene rings is 1. The van der Waals surface area contributed by atoms with Crippen molar-refractivity contribution in [3.8, 4) is 0 Å². The molecule has 4 rings (SSSR count). The van der Waals surface area contributed by atoms with E-state index in [2.05, 4.69) is 4.90 Å². The second kappa shape index (κ2) is 7.71. The quantitative estimate of drug-likeness (QED) is 0.715. The molecule has 0 bridgehead atoms. The number of allylic oxidation sites excluding steroid dienone is 1. The van der Waals surface area contributed by atoms with Gasteiger partial charge in [-0.3, -0.25) is 13.9 Å². The molecular weight excluding hydrogens is 368 g/mol. The highest BCUT2D eigenvalue weighted by molar-refractivity contribution is 5.75. The number of imidazole rings is 1. The van der Waals surface area contributed by atoms with Gasteiger partial charge >= 0.3 is 5.69 Å². The van der Waals surface area contributed by atoms with Gasteiger partial charge < -0.3 is 15.2 Å². The molecule has 1 aromatic carbocycles. The maximum absolute atomic E-state index is 12.9. The van der Waals surface area contributed by atoms with Gasteiger partial charge in [0.1, 0.15) is 0 Å². The zero-order valence-corrected chi connectivity index (χ0v) is 16.8. The van der Waals surface area contributed by atoms with E-state index in [0.717, 1.165) is 29.5 Å². The number of hydrogen-bond donors (Lipinski definition) is 1. The van der Waals surface area contributed by atoms with Crippen molar-refractivity contribution in [2.45, 2.75) is 25.4 Å². The van der Waals surface area contributed by atoms with Crippen molar-refractivity contribution in [2.75, 3.05) is 18.0 Å². The van der Waals surface area contributed by atoms with Crippen LogP contribution in [0.2, 0.25) is 0 Å². The first-order valence-corrected chi connectivity index (χ1v) is 9.85. The van der Waals surface area contributed by atoms with Crippen LogP contribution in [0.25, 0.3) is 17.2 Å². The Morgan fingerprint density at radius 3 is 2.66 bits per heavy atom. The van der Waals surface area contributed by atoms with Crippen LogP contribution in [0, 0.1) is 0 Å². The molecule has 1 aliphatic heterocycles. The number of aryl methyl sites for hydroxylation is 1. The highest BCUT2D eigenvalue weighted by atomic mass is 16.2. The normalized spacial score (nSPS) is 17.5. The number of piperidine rings is 1. The smallest absolute Gasteiger partial charge is 0.332 e. The lowest BCUT2D eigenvalue weighted by Crippen LogP contribution is -2.44. The van der Waals surface area contributed by atoms with Gasteiger partial charge in [0, 0.05) is 39.8 Å². The third-order valence-corrected chi connectivity index (χ3v) is 5.47. The molecule has 8 nitrogen and oxygen atoms in total. The maximum Gasteiger partial charge on any atom is 0.332 e. The van der Waals surface area contributed by atoms with Gasteiger partial charge in [0.25, 0.3) is 5.56 Å². The van der Waals surface area contributed by atoms with E-state index in [1.54, 1.807) is 7.05 Å². The van der Waals surface area contributed by atoms with Crippen LogP contribution < -0.4 is 21.9 Å². The van der Waals surface area contributed by atoms with Crippen molar-refractivity contribution in [3.05, 3.63) is 62.8 Å². The van der Waals surface area contributed by atoms with Crippen molar-refractivity contribution in [1.29, 1.82) is 0 Å². The Bertz CT molecular complexity index is 1170. The molecule has 1 unspecified atom stereocenters. The van der Waals surface area contributed by atoms with Crippen LogP contribution in [-0.2, 0) is 20.6 Å². The number of fused-ring (bicyclic) bond motifs is 1. The fraction of sp³-hybridized carbons (Fsp3) is 0.381. The molecule has 1 fully saturated rings. The highest BCUT2D eigenvalue weighted by Crippen LogP contribution is 2.23. The van der Waals surface area contributed by atoms with E-state index in [-0.39, 0.29) is 17.3 Å². The molecule has 1 aliphatic rings. The van der Waals surface area contributed by atoms with Crippen LogP contribution in [0.1, 0.15) is 18.4 Å². The molecule has 0 aliphatic carbocycles. The average Bonchev–Trinajstić information content (AvgIpc) is 3.11. The molecule has 0 saturated carbocycles. The summed E-state index contributed by atoms with van der Waals surface area (Å²) in [5.41, 5.74) is 7.38. The van der Waals surface area contributed by atoms with Crippen LogP contribution in [0.4, 0.5) is 5.95 Å². The minimum Gasteiger partial charge on any atom is -0.341 e. The minimum absolute atomic E-state index is 0.0727. The first-order chi connectivity index (χ1) is 14.0. The Labute approximate surface area is 168 Å². The van der Waals surface area contributed by atoms with Crippen LogP contribution in [-0.4, -0.2) is 37.8 Å². The molecule has 0 radical (unpaired) electrons. The van der Waals surface area contributed by atoms with E-state index in [9.17, 15) is 9.59 Å². The summed E-state index contributed by atoms with van der Waals surface area (Å²) in [4.78, 5) is 32.1. The average molecular weight is 394 g/mol. The van der Waals surface area contributed by atoms with Crippen molar-refractivity contribution < 1.29 is 0 Å². The Morgan fingerprint density at radius 1 is 1.17 bits per heavy atom. The Balaban J connectivity index is 1.84. The zero-order chi connectivity index (χ0) is 20.5. The molecule has 152 valence electrons. The fourth-order valence-corrected chi connectivity index (χ4v) is 3.90. The van der Waals surface area contributed by atoms with Crippen LogP contribution in [0.3, 0.4) is 0 Å². The number of nitrogens with zero attached hydrogens (tertiary/aromatic N) is 5. The Hall–Kier alpha value is -3.13. The van der Waals surface area contributed by atoms with Gasteiger partial charge in [-0.15, -0.1) is 0 Å². The molecule has 0 amide bonds. The van der Waals surface area contributed by atoms with Gasteiger partial charge in [-0.1, -0.05) is 42.5 Å². The summed E-state index contributed by atoms with van der Waals surface area (Å²) in [7, 11) is 3.14. The second-order valence-electron chi connectivity index (χ2n) is 7.56. The number of nitrogens with two attached hydrogens (primary N) is 1. The van der Waals surface area contributed by atoms with E-state index in [0.29, 0.717) is 30.2 Å².